The average Bonchev–Trinajstić information content (AvgIpc) is 2.37. The maximum atomic E-state index is 5.56. The summed E-state index contributed by atoms with van der Waals surface area (Å²) >= 11 is 0. The van der Waals surface area contributed by atoms with E-state index >= 15 is 0 Å². The molecule has 0 aliphatic heterocycles. The molecule has 2 heteroatoms. The molecule has 1 atom stereocenters. The summed E-state index contributed by atoms with van der Waals surface area (Å²) in [6, 6.07) is 1.73. The minimum absolute atomic E-state index is 0.0938. The highest BCUT2D eigenvalue weighted by Crippen LogP contribution is 2.09. The van der Waals surface area contributed by atoms with Gasteiger partial charge in [-0.1, -0.05) is 6.08 Å². The van der Waals surface area contributed by atoms with Gasteiger partial charge in [0.05, 0.1) is 18.6 Å². The van der Waals surface area contributed by atoms with E-state index in [-0.39, 0.29) is 6.04 Å². The van der Waals surface area contributed by atoms with Gasteiger partial charge >= 0.3 is 0 Å². The Labute approximate surface area is 54.0 Å². The number of hydrogen-bond donors (Lipinski definition) is 1. The van der Waals surface area contributed by atoms with Gasteiger partial charge < -0.3 is 10.2 Å². The van der Waals surface area contributed by atoms with E-state index in [2.05, 4.69) is 6.58 Å². The van der Waals surface area contributed by atoms with Crippen LogP contribution in [0.4, 0.5) is 0 Å². The third-order valence-electron chi connectivity index (χ3n) is 1.18. The van der Waals surface area contributed by atoms with E-state index in [0.717, 1.165) is 5.56 Å². The second-order valence-electron chi connectivity index (χ2n) is 1.82. The fourth-order valence-electron chi connectivity index (χ4n) is 0.601. The zero-order chi connectivity index (χ0) is 6.69. The minimum Gasteiger partial charge on any atom is -0.472 e. The smallest absolute Gasteiger partial charge is 0.0953 e. The Morgan fingerprint density at radius 2 is 2.56 bits per heavy atom. The summed E-state index contributed by atoms with van der Waals surface area (Å²) in [7, 11) is 0. The first-order valence-electron chi connectivity index (χ1n) is 2.75. The van der Waals surface area contributed by atoms with Crippen molar-refractivity contribution in [3.63, 3.8) is 0 Å². The lowest BCUT2D eigenvalue weighted by Crippen LogP contribution is -2.04. The van der Waals surface area contributed by atoms with Crippen LogP contribution >= 0.6 is 0 Å². The van der Waals surface area contributed by atoms with E-state index in [9.17, 15) is 0 Å². The van der Waals surface area contributed by atoms with Gasteiger partial charge in [-0.3, -0.25) is 0 Å². The first-order valence-corrected chi connectivity index (χ1v) is 2.75. The third kappa shape index (κ3) is 1.21. The molecule has 2 N–H and O–H groups in total. The van der Waals surface area contributed by atoms with Crippen LogP contribution in [-0.4, -0.2) is 0 Å². The Balaban J connectivity index is 2.76. The fourth-order valence-corrected chi connectivity index (χ4v) is 0.601. The second kappa shape index (κ2) is 2.51. The molecular weight excluding hydrogens is 114 g/mol. The zero-order valence-electron chi connectivity index (χ0n) is 5.08. The Bertz CT molecular complexity index is 179. The summed E-state index contributed by atoms with van der Waals surface area (Å²) in [6.07, 6.45) is 4.88. The van der Waals surface area contributed by atoms with Gasteiger partial charge in [-0.2, -0.15) is 0 Å². The molecule has 1 heterocycles. The van der Waals surface area contributed by atoms with Crippen molar-refractivity contribution in [3.8, 4) is 0 Å². The number of furan rings is 1. The fraction of sp³-hybridized carbons (Fsp3) is 0.143. The highest BCUT2D eigenvalue weighted by molar-refractivity contribution is 5.15. The molecule has 0 aromatic carbocycles. The molecule has 0 saturated carbocycles. The molecule has 0 aliphatic rings. The maximum absolute atomic E-state index is 5.56. The van der Waals surface area contributed by atoms with Crippen LogP contribution in [0.25, 0.3) is 0 Å². The zero-order valence-corrected chi connectivity index (χ0v) is 5.08. The first-order chi connectivity index (χ1) is 4.34. The van der Waals surface area contributed by atoms with Crippen molar-refractivity contribution in [3.05, 3.63) is 36.8 Å². The second-order valence-corrected chi connectivity index (χ2v) is 1.82. The van der Waals surface area contributed by atoms with E-state index in [0.29, 0.717) is 0 Å². The number of hydrogen-bond acceptors (Lipinski definition) is 2. The topological polar surface area (TPSA) is 39.2 Å². The maximum Gasteiger partial charge on any atom is 0.0953 e. The van der Waals surface area contributed by atoms with Gasteiger partial charge in [0.1, 0.15) is 0 Å². The molecule has 0 bridgehead atoms. The van der Waals surface area contributed by atoms with E-state index in [1.54, 1.807) is 18.6 Å². The van der Waals surface area contributed by atoms with E-state index < -0.39 is 0 Å². The van der Waals surface area contributed by atoms with Crippen molar-refractivity contribution < 1.29 is 4.42 Å². The lowest BCUT2D eigenvalue weighted by atomic mass is 10.2. The van der Waals surface area contributed by atoms with Crippen LogP contribution in [0.2, 0.25) is 0 Å². The van der Waals surface area contributed by atoms with Crippen LogP contribution < -0.4 is 5.73 Å². The SMILES string of the molecule is C=C[C@@H](N)c1ccoc1. The Morgan fingerprint density at radius 3 is 3.00 bits per heavy atom. The molecule has 0 radical (unpaired) electrons. The van der Waals surface area contributed by atoms with Gasteiger partial charge in [-0.25, -0.2) is 0 Å². The number of rotatable bonds is 2. The summed E-state index contributed by atoms with van der Waals surface area (Å²) in [4.78, 5) is 0. The van der Waals surface area contributed by atoms with Crippen LogP contribution in [0, 0.1) is 0 Å². The van der Waals surface area contributed by atoms with Crippen molar-refractivity contribution in [2.24, 2.45) is 5.73 Å². The van der Waals surface area contributed by atoms with Crippen molar-refractivity contribution >= 4 is 0 Å². The highest BCUT2D eigenvalue weighted by Gasteiger charge is 1.99. The predicted molar refractivity (Wildman–Crippen MR) is 35.8 cm³/mol. The van der Waals surface area contributed by atoms with E-state index in [4.69, 9.17) is 10.2 Å². The van der Waals surface area contributed by atoms with Crippen LogP contribution in [0.3, 0.4) is 0 Å². The molecule has 0 saturated heterocycles. The molecule has 0 fully saturated rings. The first kappa shape index (κ1) is 6.11. The summed E-state index contributed by atoms with van der Waals surface area (Å²) in [6.45, 7) is 3.55. The molecule has 9 heavy (non-hydrogen) atoms. The molecule has 1 aromatic rings. The molecule has 0 aliphatic carbocycles. The molecule has 0 amide bonds. The standard InChI is InChI=1S/C7H9NO/c1-2-7(8)6-3-4-9-5-6/h2-5,7H,1,8H2/t7-/m1/s1. The van der Waals surface area contributed by atoms with Crippen LogP contribution in [-0.2, 0) is 0 Å². The van der Waals surface area contributed by atoms with Crippen molar-refractivity contribution in [2.75, 3.05) is 0 Å². The summed E-state index contributed by atoms with van der Waals surface area (Å²) in [5.41, 5.74) is 6.52. The van der Waals surface area contributed by atoms with Gasteiger partial charge in [0, 0.05) is 5.56 Å². The van der Waals surface area contributed by atoms with Crippen LogP contribution in [0.1, 0.15) is 11.6 Å². The van der Waals surface area contributed by atoms with E-state index in [1.807, 2.05) is 6.07 Å². The monoisotopic (exact) mass is 123 g/mol. The molecule has 2 nitrogen and oxygen atoms in total. The molecular formula is C7H9NO. The Kier molecular flexibility index (Phi) is 1.70. The molecule has 0 unspecified atom stereocenters. The quantitative estimate of drug-likeness (QED) is 0.605. The summed E-state index contributed by atoms with van der Waals surface area (Å²) < 4.78 is 4.81. The summed E-state index contributed by atoms with van der Waals surface area (Å²) in [5, 5.41) is 0. The van der Waals surface area contributed by atoms with Gasteiger partial charge in [-0.15, -0.1) is 6.58 Å². The lowest BCUT2D eigenvalue weighted by molar-refractivity contribution is 0.562. The van der Waals surface area contributed by atoms with Crippen molar-refractivity contribution in [1.29, 1.82) is 0 Å². The van der Waals surface area contributed by atoms with Gasteiger partial charge in [0.2, 0.25) is 0 Å². The van der Waals surface area contributed by atoms with Crippen molar-refractivity contribution in [2.45, 2.75) is 6.04 Å². The van der Waals surface area contributed by atoms with Gasteiger partial charge in [0.25, 0.3) is 0 Å². The minimum atomic E-state index is -0.0938. The Hall–Kier alpha value is -1.02. The lowest BCUT2D eigenvalue weighted by Gasteiger charge is -1.98. The van der Waals surface area contributed by atoms with Gasteiger partial charge in [0.15, 0.2) is 0 Å². The van der Waals surface area contributed by atoms with Gasteiger partial charge in [-0.05, 0) is 6.07 Å². The average molecular weight is 123 g/mol. The Morgan fingerprint density at radius 1 is 1.78 bits per heavy atom. The molecule has 1 aromatic heterocycles. The molecule has 0 spiro atoms. The normalized spacial score (nSPS) is 13.0. The van der Waals surface area contributed by atoms with Crippen molar-refractivity contribution in [1.82, 2.24) is 0 Å². The largest absolute Gasteiger partial charge is 0.472 e. The summed E-state index contributed by atoms with van der Waals surface area (Å²) in [5.74, 6) is 0. The predicted octanol–water partition coefficient (Wildman–Crippen LogP) is 1.47. The molecule has 1 rings (SSSR count). The van der Waals surface area contributed by atoms with Crippen LogP contribution in [0.5, 0.6) is 0 Å². The molecule has 48 valence electrons. The van der Waals surface area contributed by atoms with E-state index in [1.165, 1.54) is 0 Å². The van der Waals surface area contributed by atoms with Crippen LogP contribution in [0.15, 0.2) is 35.7 Å². The highest BCUT2D eigenvalue weighted by atomic mass is 16.3. The third-order valence-corrected chi connectivity index (χ3v) is 1.18. The number of nitrogens with two attached hydrogens (primary N) is 1.